The highest BCUT2D eigenvalue weighted by Gasteiger charge is 2.22. The normalized spacial score (nSPS) is 19.5. The van der Waals surface area contributed by atoms with E-state index in [0.29, 0.717) is 82.8 Å². The highest BCUT2D eigenvalue weighted by molar-refractivity contribution is 5.86. The van der Waals surface area contributed by atoms with Crippen molar-refractivity contribution in [3.8, 4) is 0 Å². The molecule has 0 aromatic carbocycles. The molecule has 0 aliphatic carbocycles. The summed E-state index contributed by atoms with van der Waals surface area (Å²) in [5.74, 6) is -2.28. The fourth-order valence-corrected chi connectivity index (χ4v) is 4.00. The molecule has 2 aromatic rings. The summed E-state index contributed by atoms with van der Waals surface area (Å²) in [5, 5.41) is 22.1. The van der Waals surface area contributed by atoms with E-state index < -0.39 is 11.9 Å². The first-order valence-corrected chi connectivity index (χ1v) is 12.9. The van der Waals surface area contributed by atoms with Crippen LogP contribution in [0.15, 0.2) is 30.3 Å². The molecule has 1 aliphatic rings. The Morgan fingerprint density at radius 2 is 1.51 bits per heavy atom. The van der Waals surface area contributed by atoms with Gasteiger partial charge in [-0.3, -0.25) is 4.90 Å². The zero-order chi connectivity index (χ0) is 27.9. The van der Waals surface area contributed by atoms with Crippen molar-refractivity contribution < 1.29 is 38.7 Å². The summed E-state index contributed by atoms with van der Waals surface area (Å²) in [6.45, 7) is 5.57. The molecule has 1 aliphatic heterocycles. The van der Waals surface area contributed by atoms with Crippen LogP contribution in [0.3, 0.4) is 0 Å². The number of carbonyl (C=O) groups is 2. The van der Waals surface area contributed by atoms with Crippen LogP contribution in [0.25, 0.3) is 0 Å². The number of nitrogens with zero attached hydrogens (tertiary/aromatic N) is 3. The summed E-state index contributed by atoms with van der Waals surface area (Å²) in [4.78, 5) is 33.6. The van der Waals surface area contributed by atoms with Crippen LogP contribution in [0.2, 0.25) is 0 Å². The van der Waals surface area contributed by atoms with Crippen molar-refractivity contribution in [1.29, 1.82) is 0 Å². The number of pyridine rings is 2. The maximum atomic E-state index is 11.5. The lowest BCUT2D eigenvalue weighted by molar-refractivity contribution is -0.00144. The van der Waals surface area contributed by atoms with Gasteiger partial charge >= 0.3 is 11.9 Å². The molecule has 1 atom stereocenters. The van der Waals surface area contributed by atoms with Crippen LogP contribution in [0.4, 0.5) is 5.69 Å². The van der Waals surface area contributed by atoms with Crippen molar-refractivity contribution in [3.05, 3.63) is 53.1 Å². The molecule has 0 unspecified atom stereocenters. The molecule has 3 heterocycles. The van der Waals surface area contributed by atoms with Gasteiger partial charge in [-0.15, -0.1) is 0 Å². The molecule has 3 rings (SSSR count). The lowest BCUT2D eigenvalue weighted by atomic mass is 10.1. The van der Waals surface area contributed by atoms with Crippen LogP contribution in [0, 0.1) is 0 Å². The number of anilines is 1. The number of hydrogen-bond donors (Lipinski definition) is 4. The molecular formula is C26H37N5O8. The van der Waals surface area contributed by atoms with E-state index in [1.807, 2.05) is 0 Å². The molecule has 0 amide bonds. The molecule has 13 heteroatoms. The SMILES string of the molecule is Nc1cc(CN2CCOCCOCCNCCOCCOC[C@@H]2Cc2cccc(C(=O)O)n2)nc(C(=O)O)c1. The van der Waals surface area contributed by atoms with Gasteiger partial charge in [-0.25, -0.2) is 19.6 Å². The zero-order valence-electron chi connectivity index (χ0n) is 21.9. The number of aromatic carboxylic acids is 2. The van der Waals surface area contributed by atoms with E-state index in [1.165, 1.54) is 12.1 Å². The maximum absolute atomic E-state index is 11.5. The van der Waals surface area contributed by atoms with Gasteiger partial charge in [0.25, 0.3) is 0 Å². The summed E-state index contributed by atoms with van der Waals surface area (Å²) in [5.41, 5.74) is 7.12. The molecule has 0 saturated carbocycles. The summed E-state index contributed by atoms with van der Waals surface area (Å²) in [7, 11) is 0. The highest BCUT2D eigenvalue weighted by atomic mass is 16.5. The van der Waals surface area contributed by atoms with Gasteiger partial charge in [0, 0.05) is 50.0 Å². The third-order valence-corrected chi connectivity index (χ3v) is 5.90. The van der Waals surface area contributed by atoms with Crippen LogP contribution < -0.4 is 11.1 Å². The van der Waals surface area contributed by atoms with E-state index in [-0.39, 0.29) is 30.6 Å². The van der Waals surface area contributed by atoms with Gasteiger partial charge in [0.05, 0.1) is 58.5 Å². The first kappa shape index (κ1) is 30.3. The summed E-state index contributed by atoms with van der Waals surface area (Å²) in [6, 6.07) is 7.54. The van der Waals surface area contributed by atoms with Crippen LogP contribution in [0.1, 0.15) is 32.4 Å². The third-order valence-electron chi connectivity index (χ3n) is 5.90. The Morgan fingerprint density at radius 1 is 0.872 bits per heavy atom. The van der Waals surface area contributed by atoms with Gasteiger partial charge in [-0.2, -0.15) is 0 Å². The number of rotatable bonds is 6. The predicted octanol–water partition coefficient (Wildman–Crippen LogP) is 0.538. The lowest BCUT2D eigenvalue weighted by Gasteiger charge is -2.31. The summed E-state index contributed by atoms with van der Waals surface area (Å²) < 4.78 is 23.0. The molecule has 39 heavy (non-hydrogen) atoms. The minimum Gasteiger partial charge on any atom is -0.477 e. The van der Waals surface area contributed by atoms with Crippen LogP contribution in [-0.2, 0) is 31.9 Å². The van der Waals surface area contributed by atoms with Crippen molar-refractivity contribution in [3.63, 3.8) is 0 Å². The standard InChI is InChI=1S/C26H37N5O8/c27-19-14-21(30-24(15-19)26(34)35)17-31-6-9-38-11-10-36-7-4-28-5-8-37-12-13-39-18-22(31)16-20-2-1-3-23(29-20)25(32)33/h1-3,14-15,22,28H,4-13,16-18H2,(H2,27,30)(H,32,33)(H,34,35)/t22-/m0/s1. The molecule has 0 spiro atoms. The number of nitrogens with two attached hydrogens (primary N) is 1. The Labute approximate surface area is 227 Å². The first-order valence-electron chi connectivity index (χ1n) is 12.9. The molecule has 2 aromatic heterocycles. The van der Waals surface area contributed by atoms with Gasteiger partial charge in [-0.05, 0) is 24.3 Å². The molecule has 13 nitrogen and oxygen atoms in total. The Balaban J connectivity index is 1.82. The molecule has 1 fully saturated rings. The van der Waals surface area contributed by atoms with Crippen molar-refractivity contribution in [2.75, 3.05) is 78.2 Å². The zero-order valence-corrected chi connectivity index (χ0v) is 21.9. The number of nitrogens with one attached hydrogen (secondary N) is 1. The van der Waals surface area contributed by atoms with Gasteiger partial charge < -0.3 is 40.2 Å². The van der Waals surface area contributed by atoms with Crippen LogP contribution >= 0.6 is 0 Å². The molecule has 5 N–H and O–H groups in total. The van der Waals surface area contributed by atoms with Crippen molar-refractivity contribution in [2.45, 2.75) is 19.0 Å². The van der Waals surface area contributed by atoms with Crippen molar-refractivity contribution in [2.24, 2.45) is 0 Å². The Morgan fingerprint density at radius 3 is 2.21 bits per heavy atom. The second-order valence-corrected chi connectivity index (χ2v) is 8.89. The number of nitrogen functional groups attached to an aromatic ring is 1. The number of hydrogen-bond acceptors (Lipinski definition) is 11. The Bertz CT molecular complexity index is 1060. The summed E-state index contributed by atoms with van der Waals surface area (Å²) >= 11 is 0. The lowest BCUT2D eigenvalue weighted by Crippen LogP contribution is -2.42. The van der Waals surface area contributed by atoms with E-state index in [0.717, 1.165) is 6.54 Å². The van der Waals surface area contributed by atoms with E-state index in [1.54, 1.807) is 18.2 Å². The number of carboxylic acids is 2. The molecule has 0 radical (unpaired) electrons. The second-order valence-electron chi connectivity index (χ2n) is 8.89. The Hall–Kier alpha value is -3.20. The molecular weight excluding hydrogens is 510 g/mol. The van der Waals surface area contributed by atoms with Gasteiger partial charge in [0.15, 0.2) is 5.69 Å². The largest absolute Gasteiger partial charge is 0.477 e. The molecule has 1 saturated heterocycles. The first-order chi connectivity index (χ1) is 18.9. The Kier molecular flexibility index (Phi) is 13.0. The monoisotopic (exact) mass is 547 g/mol. The average molecular weight is 548 g/mol. The van der Waals surface area contributed by atoms with Crippen molar-refractivity contribution >= 4 is 17.6 Å². The predicted molar refractivity (Wildman–Crippen MR) is 141 cm³/mol. The van der Waals surface area contributed by atoms with Crippen molar-refractivity contribution in [1.82, 2.24) is 20.2 Å². The molecule has 0 bridgehead atoms. The van der Waals surface area contributed by atoms with E-state index in [9.17, 15) is 19.8 Å². The fraction of sp³-hybridized carbons (Fsp3) is 0.538. The van der Waals surface area contributed by atoms with E-state index in [2.05, 4.69) is 20.2 Å². The highest BCUT2D eigenvalue weighted by Crippen LogP contribution is 2.16. The van der Waals surface area contributed by atoms with Crippen LogP contribution in [0.5, 0.6) is 0 Å². The fourth-order valence-electron chi connectivity index (χ4n) is 4.00. The van der Waals surface area contributed by atoms with E-state index in [4.69, 9.17) is 24.7 Å². The van der Waals surface area contributed by atoms with Gasteiger partial charge in [0.1, 0.15) is 5.69 Å². The van der Waals surface area contributed by atoms with Crippen LogP contribution in [-0.4, -0.2) is 116 Å². The van der Waals surface area contributed by atoms with Gasteiger partial charge in [-0.1, -0.05) is 6.07 Å². The smallest absolute Gasteiger partial charge is 0.354 e. The second kappa shape index (κ2) is 16.7. The molecule has 214 valence electrons. The number of carboxylic acid groups (broad SMARTS) is 2. The quantitative estimate of drug-likeness (QED) is 0.394. The summed E-state index contributed by atoms with van der Waals surface area (Å²) in [6.07, 6.45) is 0.378. The minimum absolute atomic E-state index is 0.0471. The van der Waals surface area contributed by atoms with E-state index >= 15 is 0 Å². The maximum Gasteiger partial charge on any atom is 0.354 e. The number of ether oxygens (including phenoxy) is 4. The topological polar surface area (TPSA) is 179 Å². The number of aromatic nitrogens is 2. The third kappa shape index (κ3) is 11.2. The average Bonchev–Trinajstić information content (AvgIpc) is 2.90. The minimum atomic E-state index is -1.17. The van der Waals surface area contributed by atoms with Gasteiger partial charge in [0.2, 0.25) is 0 Å².